The van der Waals surface area contributed by atoms with E-state index in [9.17, 15) is 8.42 Å². The molecule has 0 unspecified atom stereocenters. The number of ether oxygens (including phenoxy) is 2. The summed E-state index contributed by atoms with van der Waals surface area (Å²) in [4.78, 5) is 4.70. The molecule has 1 aromatic heterocycles. The van der Waals surface area contributed by atoms with Gasteiger partial charge in [-0.15, -0.1) is 11.3 Å². The van der Waals surface area contributed by atoms with Gasteiger partial charge in [0.1, 0.15) is 11.5 Å². The van der Waals surface area contributed by atoms with Crippen LogP contribution in [0.5, 0.6) is 11.5 Å². The number of hydrazone groups is 1. The minimum atomic E-state index is -3.51. The topological polar surface area (TPSA) is 93.1 Å². The van der Waals surface area contributed by atoms with Crippen molar-refractivity contribution in [1.82, 2.24) is 9.29 Å². The van der Waals surface area contributed by atoms with Crippen molar-refractivity contribution in [1.29, 1.82) is 0 Å². The van der Waals surface area contributed by atoms with E-state index in [0.717, 1.165) is 5.56 Å². The normalized spacial score (nSPS) is 11.8. The summed E-state index contributed by atoms with van der Waals surface area (Å²) in [5.41, 5.74) is 5.05. The van der Waals surface area contributed by atoms with Crippen LogP contribution < -0.4 is 14.9 Å². The summed E-state index contributed by atoms with van der Waals surface area (Å²) in [6.07, 6.45) is 1.63. The smallest absolute Gasteiger partial charge is 0.242 e. The monoisotopic (exact) mass is 446 g/mol. The molecule has 3 aromatic rings. The third-order valence-corrected chi connectivity index (χ3v) is 6.78. The Kier molecular flexibility index (Phi) is 6.70. The van der Waals surface area contributed by atoms with Crippen LogP contribution in [0.2, 0.25) is 0 Å². The summed E-state index contributed by atoms with van der Waals surface area (Å²) in [5.74, 6) is 1.33. The van der Waals surface area contributed by atoms with Crippen LogP contribution >= 0.6 is 11.3 Å². The van der Waals surface area contributed by atoms with Gasteiger partial charge in [-0.25, -0.2) is 17.7 Å². The summed E-state index contributed by atoms with van der Waals surface area (Å²) < 4.78 is 36.4. The molecule has 0 radical (unpaired) electrons. The summed E-state index contributed by atoms with van der Waals surface area (Å²) >= 11 is 1.37. The maximum Gasteiger partial charge on any atom is 0.242 e. The summed E-state index contributed by atoms with van der Waals surface area (Å²) in [6.45, 7) is 0. The van der Waals surface area contributed by atoms with E-state index in [4.69, 9.17) is 9.47 Å². The number of anilines is 1. The Morgan fingerprint density at radius 2 is 1.93 bits per heavy atom. The number of rotatable bonds is 8. The number of benzene rings is 2. The first-order valence-electron chi connectivity index (χ1n) is 8.84. The lowest BCUT2D eigenvalue weighted by atomic mass is 10.2. The first-order chi connectivity index (χ1) is 14.3. The van der Waals surface area contributed by atoms with Crippen molar-refractivity contribution in [2.75, 3.05) is 33.7 Å². The van der Waals surface area contributed by atoms with Gasteiger partial charge >= 0.3 is 0 Å². The number of nitrogens with zero attached hydrogens (tertiary/aromatic N) is 3. The fourth-order valence-corrected chi connectivity index (χ4v) is 4.18. The molecule has 3 rings (SSSR count). The number of nitrogens with one attached hydrogen (secondary N) is 1. The van der Waals surface area contributed by atoms with Gasteiger partial charge in [-0.3, -0.25) is 5.43 Å². The number of methoxy groups -OCH3 is 2. The van der Waals surface area contributed by atoms with Crippen molar-refractivity contribution in [3.8, 4) is 22.8 Å². The molecule has 0 saturated carbocycles. The molecule has 0 fully saturated rings. The molecule has 30 heavy (non-hydrogen) atoms. The van der Waals surface area contributed by atoms with Crippen LogP contribution in [0.25, 0.3) is 11.3 Å². The fraction of sp³-hybridized carbons (Fsp3) is 0.200. The number of aromatic nitrogens is 1. The molecule has 158 valence electrons. The zero-order chi connectivity index (χ0) is 21.7. The lowest BCUT2D eigenvalue weighted by Gasteiger charge is -2.11. The Morgan fingerprint density at radius 3 is 2.63 bits per heavy atom. The van der Waals surface area contributed by atoms with E-state index >= 15 is 0 Å². The molecular formula is C20H22N4O4S2. The van der Waals surface area contributed by atoms with Gasteiger partial charge in [0.2, 0.25) is 15.2 Å². The van der Waals surface area contributed by atoms with Gasteiger partial charge < -0.3 is 9.47 Å². The molecule has 0 aliphatic heterocycles. The van der Waals surface area contributed by atoms with E-state index in [-0.39, 0.29) is 4.90 Å². The summed E-state index contributed by atoms with van der Waals surface area (Å²) in [6, 6.07) is 12.1. The predicted molar refractivity (Wildman–Crippen MR) is 119 cm³/mol. The first kappa shape index (κ1) is 21.8. The first-order valence-corrected chi connectivity index (χ1v) is 11.2. The number of hydrogen-bond acceptors (Lipinski definition) is 8. The highest BCUT2D eigenvalue weighted by atomic mass is 32.2. The minimum Gasteiger partial charge on any atom is -0.497 e. The molecule has 0 spiro atoms. The molecule has 0 amide bonds. The van der Waals surface area contributed by atoms with Gasteiger partial charge in [0.05, 0.1) is 31.0 Å². The van der Waals surface area contributed by atoms with Crippen molar-refractivity contribution < 1.29 is 17.9 Å². The molecule has 10 heteroatoms. The summed E-state index contributed by atoms with van der Waals surface area (Å²) in [5, 5.41) is 6.63. The second-order valence-corrected chi connectivity index (χ2v) is 9.34. The van der Waals surface area contributed by atoms with Crippen molar-refractivity contribution in [3.63, 3.8) is 0 Å². The second kappa shape index (κ2) is 9.24. The van der Waals surface area contributed by atoms with Crippen LogP contribution in [0.4, 0.5) is 5.13 Å². The van der Waals surface area contributed by atoms with E-state index in [1.54, 1.807) is 44.7 Å². The van der Waals surface area contributed by atoms with Crippen molar-refractivity contribution in [2.24, 2.45) is 5.10 Å². The van der Waals surface area contributed by atoms with E-state index in [0.29, 0.717) is 27.9 Å². The largest absolute Gasteiger partial charge is 0.497 e. The number of hydrogen-bond donors (Lipinski definition) is 1. The van der Waals surface area contributed by atoms with Crippen molar-refractivity contribution in [2.45, 2.75) is 4.90 Å². The van der Waals surface area contributed by atoms with Gasteiger partial charge in [-0.05, 0) is 24.3 Å². The molecule has 0 aliphatic rings. The lowest BCUT2D eigenvalue weighted by Crippen LogP contribution is -2.22. The van der Waals surface area contributed by atoms with Gasteiger partial charge in [0.15, 0.2) is 0 Å². The third kappa shape index (κ3) is 4.78. The van der Waals surface area contributed by atoms with E-state index in [2.05, 4.69) is 15.5 Å². The molecule has 8 nitrogen and oxygen atoms in total. The molecule has 0 bridgehead atoms. The van der Waals surface area contributed by atoms with Crippen LogP contribution in [0.3, 0.4) is 0 Å². The van der Waals surface area contributed by atoms with Crippen LogP contribution in [-0.4, -0.2) is 52.2 Å². The van der Waals surface area contributed by atoms with Crippen LogP contribution in [0.1, 0.15) is 5.56 Å². The highest BCUT2D eigenvalue weighted by Gasteiger charge is 2.18. The Morgan fingerprint density at radius 1 is 1.13 bits per heavy atom. The summed E-state index contributed by atoms with van der Waals surface area (Å²) in [7, 11) is 2.67. The van der Waals surface area contributed by atoms with Crippen molar-refractivity contribution >= 4 is 32.7 Å². The molecule has 0 saturated heterocycles. The van der Waals surface area contributed by atoms with Crippen LogP contribution in [0, 0.1) is 0 Å². The minimum absolute atomic E-state index is 0.220. The SMILES string of the molecule is COc1ccc(C=NNc2nc(-c3cccc(S(=O)(=O)N(C)C)c3)cs2)c(OC)c1. The maximum atomic E-state index is 12.3. The van der Waals surface area contributed by atoms with Gasteiger partial charge in [-0.2, -0.15) is 5.10 Å². The molecular weight excluding hydrogens is 424 g/mol. The van der Waals surface area contributed by atoms with Gasteiger partial charge in [0.25, 0.3) is 0 Å². The maximum absolute atomic E-state index is 12.3. The average Bonchev–Trinajstić information content (AvgIpc) is 3.23. The van der Waals surface area contributed by atoms with E-state index in [1.165, 1.54) is 29.7 Å². The molecule has 2 aromatic carbocycles. The Bertz CT molecular complexity index is 1160. The molecule has 1 N–H and O–H groups in total. The third-order valence-electron chi connectivity index (χ3n) is 4.22. The number of sulfonamides is 1. The fourth-order valence-electron chi connectivity index (χ4n) is 2.57. The highest BCUT2D eigenvalue weighted by Crippen LogP contribution is 2.27. The highest BCUT2D eigenvalue weighted by molar-refractivity contribution is 7.89. The second-order valence-electron chi connectivity index (χ2n) is 6.33. The van der Waals surface area contributed by atoms with Crippen LogP contribution in [0.15, 0.2) is 57.8 Å². The Hall–Kier alpha value is -2.95. The van der Waals surface area contributed by atoms with E-state index in [1.807, 2.05) is 23.6 Å². The Balaban J connectivity index is 1.76. The number of thiazole rings is 1. The quantitative estimate of drug-likeness (QED) is 0.420. The lowest BCUT2D eigenvalue weighted by molar-refractivity contribution is 0.394. The predicted octanol–water partition coefficient (Wildman–Crippen LogP) is 3.52. The van der Waals surface area contributed by atoms with Crippen molar-refractivity contribution in [3.05, 3.63) is 53.4 Å². The molecule has 0 atom stereocenters. The van der Waals surface area contributed by atoms with Gasteiger partial charge in [-0.1, -0.05) is 12.1 Å². The standard InChI is InChI=1S/C20H22N4O4S2/c1-24(2)30(25,26)17-7-5-6-14(10-17)18-13-29-20(22-18)23-21-12-15-8-9-16(27-3)11-19(15)28-4/h5-13H,1-4H3,(H,22,23). The Labute approximate surface area is 179 Å². The van der Waals surface area contributed by atoms with Crippen LogP contribution in [-0.2, 0) is 10.0 Å². The average molecular weight is 447 g/mol. The molecule has 1 heterocycles. The zero-order valence-electron chi connectivity index (χ0n) is 17.0. The zero-order valence-corrected chi connectivity index (χ0v) is 18.6. The molecule has 0 aliphatic carbocycles. The van der Waals surface area contributed by atoms with E-state index < -0.39 is 10.0 Å². The van der Waals surface area contributed by atoms with Gasteiger partial charge in [0, 0.05) is 36.7 Å².